The molecule has 1 aliphatic carbocycles. The molecule has 0 spiro atoms. The topological polar surface area (TPSA) is 30.5 Å². The highest BCUT2D eigenvalue weighted by Gasteiger charge is 2.44. The summed E-state index contributed by atoms with van der Waals surface area (Å²) in [6, 6.07) is 5.43. The Morgan fingerprint density at radius 2 is 1.95 bits per heavy atom. The van der Waals surface area contributed by atoms with Gasteiger partial charge in [0.2, 0.25) is 0 Å². The van der Waals surface area contributed by atoms with E-state index in [-0.39, 0.29) is 24.0 Å². The van der Waals surface area contributed by atoms with E-state index in [1.807, 2.05) is 13.8 Å². The van der Waals surface area contributed by atoms with Gasteiger partial charge in [-0.2, -0.15) is 13.2 Å². The molecule has 3 atom stereocenters. The predicted molar refractivity (Wildman–Crippen MR) is 73.4 cm³/mol. The summed E-state index contributed by atoms with van der Waals surface area (Å²) in [5.74, 6) is -0.130. The molecule has 118 valence electrons. The van der Waals surface area contributed by atoms with Gasteiger partial charge in [0.1, 0.15) is 18.0 Å². The van der Waals surface area contributed by atoms with Crippen LogP contribution in [0.1, 0.15) is 25.8 Å². The van der Waals surface area contributed by atoms with Crippen molar-refractivity contribution in [2.75, 3.05) is 13.2 Å². The number of alkyl halides is 3. The Balaban J connectivity index is 2.09. The summed E-state index contributed by atoms with van der Waals surface area (Å²) < 4.78 is 50.0. The lowest BCUT2D eigenvalue weighted by Crippen LogP contribution is -2.61. The van der Waals surface area contributed by atoms with Crippen LogP contribution in [0.15, 0.2) is 24.3 Å². The first-order valence-corrected chi connectivity index (χ1v) is 7.15. The minimum absolute atomic E-state index is 0.130. The number of halogens is 3. The summed E-state index contributed by atoms with van der Waals surface area (Å²) in [4.78, 5) is 0. The third-order valence-corrected chi connectivity index (χ3v) is 3.55. The fourth-order valence-corrected chi connectivity index (χ4v) is 2.54. The van der Waals surface area contributed by atoms with Crippen molar-refractivity contribution in [3.8, 4) is 5.75 Å². The maximum absolute atomic E-state index is 12.9. The summed E-state index contributed by atoms with van der Waals surface area (Å²) in [7, 11) is 0. The van der Waals surface area contributed by atoms with Crippen LogP contribution in [-0.2, 0) is 10.9 Å². The van der Waals surface area contributed by atoms with Crippen molar-refractivity contribution >= 4 is 0 Å². The van der Waals surface area contributed by atoms with Gasteiger partial charge in [-0.3, -0.25) is 0 Å². The van der Waals surface area contributed by atoms with E-state index < -0.39 is 11.7 Å². The van der Waals surface area contributed by atoms with Crippen LogP contribution < -0.4 is 10.1 Å². The number of rotatable bonds is 6. The van der Waals surface area contributed by atoms with Gasteiger partial charge in [-0.25, -0.2) is 0 Å². The molecular weight excluding hydrogens is 283 g/mol. The minimum Gasteiger partial charge on any atom is -0.487 e. The molecule has 0 aliphatic heterocycles. The molecule has 1 saturated carbocycles. The standard InChI is InChI=1S/C15H20F3NO2/c1-3-19-11-9-13(14(11)20-4-2)21-12-8-6-5-7-10(12)15(16,17)18/h5-8,11,13-14,19H,3-4,9H2,1-2H3. The first-order chi connectivity index (χ1) is 9.97. The van der Waals surface area contributed by atoms with E-state index in [4.69, 9.17) is 9.47 Å². The molecular formula is C15H20F3NO2. The third-order valence-electron chi connectivity index (χ3n) is 3.55. The molecule has 1 N–H and O–H groups in total. The zero-order valence-corrected chi connectivity index (χ0v) is 12.1. The molecule has 3 unspecified atom stereocenters. The fraction of sp³-hybridized carbons (Fsp3) is 0.600. The van der Waals surface area contributed by atoms with Gasteiger partial charge in [0.05, 0.1) is 5.56 Å². The van der Waals surface area contributed by atoms with E-state index in [1.54, 1.807) is 6.07 Å². The van der Waals surface area contributed by atoms with E-state index in [0.29, 0.717) is 13.0 Å². The van der Waals surface area contributed by atoms with Gasteiger partial charge < -0.3 is 14.8 Å². The van der Waals surface area contributed by atoms with Crippen LogP contribution in [0, 0.1) is 0 Å². The highest BCUT2D eigenvalue weighted by Crippen LogP contribution is 2.38. The average Bonchev–Trinajstić information content (AvgIpc) is 2.43. The highest BCUT2D eigenvalue weighted by atomic mass is 19.4. The normalized spacial score (nSPS) is 25.5. The number of likely N-dealkylation sites (N-methyl/N-ethyl adjacent to an activating group) is 1. The van der Waals surface area contributed by atoms with Crippen LogP contribution in [0.4, 0.5) is 13.2 Å². The van der Waals surface area contributed by atoms with Gasteiger partial charge in [-0.1, -0.05) is 19.1 Å². The molecule has 0 radical (unpaired) electrons. The number of nitrogens with one attached hydrogen (secondary N) is 1. The predicted octanol–water partition coefficient (Wildman–Crippen LogP) is 3.24. The minimum atomic E-state index is -4.41. The van der Waals surface area contributed by atoms with Crippen molar-refractivity contribution in [3.05, 3.63) is 29.8 Å². The summed E-state index contributed by atoms with van der Waals surface area (Å²) >= 11 is 0. The number of hydrogen-bond acceptors (Lipinski definition) is 3. The largest absolute Gasteiger partial charge is 0.487 e. The Labute approximate surface area is 122 Å². The van der Waals surface area contributed by atoms with E-state index in [9.17, 15) is 13.2 Å². The van der Waals surface area contributed by atoms with Crippen molar-refractivity contribution in [1.82, 2.24) is 5.32 Å². The second-order valence-electron chi connectivity index (χ2n) is 4.97. The molecule has 0 aromatic heterocycles. The average molecular weight is 303 g/mol. The van der Waals surface area contributed by atoms with Crippen LogP contribution >= 0.6 is 0 Å². The van der Waals surface area contributed by atoms with Gasteiger partial charge in [0, 0.05) is 19.1 Å². The van der Waals surface area contributed by atoms with Crippen molar-refractivity contribution in [2.45, 2.75) is 44.7 Å². The SMILES string of the molecule is CCNC1CC(Oc2ccccc2C(F)(F)F)C1OCC. The van der Waals surface area contributed by atoms with Gasteiger partial charge in [0.25, 0.3) is 0 Å². The molecule has 2 rings (SSSR count). The van der Waals surface area contributed by atoms with E-state index in [0.717, 1.165) is 12.6 Å². The molecule has 1 aromatic carbocycles. The van der Waals surface area contributed by atoms with Crippen molar-refractivity contribution < 1.29 is 22.6 Å². The van der Waals surface area contributed by atoms with Crippen molar-refractivity contribution in [2.24, 2.45) is 0 Å². The van der Waals surface area contributed by atoms with Crippen LogP contribution in [0.5, 0.6) is 5.75 Å². The second-order valence-corrected chi connectivity index (χ2v) is 4.97. The first kappa shape index (κ1) is 16.1. The number of para-hydroxylation sites is 1. The van der Waals surface area contributed by atoms with Gasteiger partial charge in [-0.15, -0.1) is 0 Å². The summed E-state index contributed by atoms with van der Waals surface area (Å²) in [6.45, 7) is 5.14. The second kappa shape index (κ2) is 6.66. The van der Waals surface area contributed by atoms with E-state index in [1.165, 1.54) is 12.1 Å². The van der Waals surface area contributed by atoms with Crippen molar-refractivity contribution in [1.29, 1.82) is 0 Å². The van der Waals surface area contributed by atoms with Gasteiger partial charge in [-0.05, 0) is 25.6 Å². The molecule has 0 amide bonds. The van der Waals surface area contributed by atoms with E-state index >= 15 is 0 Å². The maximum Gasteiger partial charge on any atom is 0.419 e. The van der Waals surface area contributed by atoms with E-state index in [2.05, 4.69) is 5.32 Å². The molecule has 0 saturated heterocycles. The number of hydrogen-bond donors (Lipinski definition) is 1. The zero-order chi connectivity index (χ0) is 15.5. The zero-order valence-electron chi connectivity index (χ0n) is 12.1. The van der Waals surface area contributed by atoms with Crippen LogP contribution in [0.2, 0.25) is 0 Å². The third kappa shape index (κ3) is 3.68. The quantitative estimate of drug-likeness (QED) is 0.875. The molecule has 6 heteroatoms. The molecule has 21 heavy (non-hydrogen) atoms. The van der Waals surface area contributed by atoms with Crippen LogP contribution in [0.25, 0.3) is 0 Å². The fourth-order valence-electron chi connectivity index (χ4n) is 2.54. The van der Waals surface area contributed by atoms with Gasteiger partial charge in [0.15, 0.2) is 0 Å². The number of benzene rings is 1. The summed E-state index contributed by atoms with van der Waals surface area (Å²) in [6.07, 6.45) is -4.33. The Morgan fingerprint density at radius 1 is 1.24 bits per heavy atom. The van der Waals surface area contributed by atoms with Crippen LogP contribution in [0.3, 0.4) is 0 Å². The molecule has 0 heterocycles. The lowest BCUT2D eigenvalue weighted by atomic mass is 9.85. The molecule has 3 nitrogen and oxygen atoms in total. The Bertz CT molecular complexity index is 464. The smallest absolute Gasteiger partial charge is 0.419 e. The molecule has 1 fully saturated rings. The monoisotopic (exact) mass is 303 g/mol. The molecule has 1 aromatic rings. The highest BCUT2D eigenvalue weighted by molar-refractivity contribution is 5.36. The Hall–Kier alpha value is -1.27. The summed E-state index contributed by atoms with van der Waals surface area (Å²) in [5, 5.41) is 3.25. The van der Waals surface area contributed by atoms with Crippen LogP contribution in [-0.4, -0.2) is 31.4 Å². The lowest BCUT2D eigenvalue weighted by Gasteiger charge is -2.44. The lowest BCUT2D eigenvalue weighted by molar-refractivity contribution is -0.143. The Morgan fingerprint density at radius 3 is 2.57 bits per heavy atom. The first-order valence-electron chi connectivity index (χ1n) is 7.15. The summed E-state index contributed by atoms with van der Waals surface area (Å²) in [5.41, 5.74) is -0.743. The Kier molecular flexibility index (Phi) is 5.11. The number of ether oxygens (including phenoxy) is 2. The molecule has 0 bridgehead atoms. The maximum atomic E-state index is 12.9. The van der Waals surface area contributed by atoms with Crippen molar-refractivity contribution in [3.63, 3.8) is 0 Å². The molecule has 1 aliphatic rings. The van der Waals surface area contributed by atoms with Gasteiger partial charge >= 0.3 is 6.18 Å².